The van der Waals surface area contributed by atoms with Crippen molar-refractivity contribution in [2.45, 2.75) is 17.9 Å². The lowest BCUT2D eigenvalue weighted by atomic mass is 10.2. The summed E-state index contributed by atoms with van der Waals surface area (Å²) in [6.45, 7) is 2.80. The number of hydrogen-bond acceptors (Lipinski definition) is 8. The molecule has 2 heterocycles. The van der Waals surface area contributed by atoms with Gasteiger partial charge in [-0.25, -0.2) is 17.6 Å². The van der Waals surface area contributed by atoms with E-state index in [1.54, 1.807) is 17.0 Å². The van der Waals surface area contributed by atoms with Crippen molar-refractivity contribution in [2.75, 3.05) is 49.6 Å². The van der Waals surface area contributed by atoms with Crippen LogP contribution >= 0.6 is 0 Å². The van der Waals surface area contributed by atoms with Gasteiger partial charge in [-0.15, -0.1) is 0 Å². The second kappa shape index (κ2) is 10.2. The van der Waals surface area contributed by atoms with Gasteiger partial charge < -0.3 is 15.4 Å². The smallest absolute Gasteiger partial charge is 0.414 e. The summed E-state index contributed by atoms with van der Waals surface area (Å²) in [5.41, 5.74) is 6.17. The third-order valence-electron chi connectivity index (χ3n) is 5.06. The highest BCUT2D eigenvalue weighted by Gasteiger charge is 2.32. The van der Waals surface area contributed by atoms with E-state index in [1.165, 1.54) is 42.6 Å². The van der Waals surface area contributed by atoms with Crippen molar-refractivity contribution in [3.05, 3.63) is 48.5 Å². The van der Waals surface area contributed by atoms with E-state index >= 15 is 0 Å². The minimum atomic E-state index is -3.92. The zero-order valence-electron chi connectivity index (χ0n) is 17.8. The summed E-state index contributed by atoms with van der Waals surface area (Å²) < 4.78 is 46.4. The molecule has 0 aliphatic carbocycles. The van der Waals surface area contributed by atoms with Crippen LogP contribution in [0.1, 0.15) is 6.92 Å². The van der Waals surface area contributed by atoms with Crippen LogP contribution in [-0.2, 0) is 19.6 Å². The number of nitrogens with zero attached hydrogens (tertiary/aromatic N) is 4. The minimum absolute atomic E-state index is 0.00582. The average Bonchev–Trinajstić information content (AvgIpc) is 3.18. The highest BCUT2D eigenvalue weighted by molar-refractivity contribution is 7.89. The van der Waals surface area contributed by atoms with Gasteiger partial charge >= 0.3 is 6.09 Å². The largest absolute Gasteiger partial charge is 0.443 e. The van der Waals surface area contributed by atoms with Gasteiger partial charge in [0.05, 0.1) is 31.6 Å². The molecule has 1 aliphatic rings. The van der Waals surface area contributed by atoms with Crippen LogP contribution in [0.2, 0.25) is 0 Å². The Hall–Kier alpha value is -2.80. The van der Waals surface area contributed by atoms with E-state index in [1.807, 2.05) is 6.92 Å². The summed E-state index contributed by atoms with van der Waals surface area (Å²) >= 11 is 0. The Morgan fingerprint density at radius 1 is 1.34 bits per heavy atom. The summed E-state index contributed by atoms with van der Waals surface area (Å²) in [7, 11) is -2.67. The number of nitrogens with two attached hydrogens (primary N) is 1. The summed E-state index contributed by atoms with van der Waals surface area (Å²) in [5.74, 6) is -0.549. The van der Waals surface area contributed by atoms with Crippen molar-refractivity contribution < 1.29 is 27.2 Å². The molecule has 1 aromatic heterocycles. The normalized spacial score (nSPS) is 16.5. The quantitative estimate of drug-likeness (QED) is 0.524. The first kappa shape index (κ1) is 23.9. The van der Waals surface area contributed by atoms with E-state index in [2.05, 4.69) is 4.98 Å². The molecule has 1 amide bonds. The van der Waals surface area contributed by atoms with Gasteiger partial charge in [0.1, 0.15) is 16.8 Å². The van der Waals surface area contributed by atoms with Crippen LogP contribution in [0, 0.1) is 5.82 Å². The van der Waals surface area contributed by atoms with Crippen molar-refractivity contribution in [3.63, 3.8) is 0 Å². The Morgan fingerprint density at radius 2 is 2.12 bits per heavy atom. The van der Waals surface area contributed by atoms with Gasteiger partial charge in [-0.2, -0.15) is 0 Å². The predicted octanol–water partition coefficient (Wildman–Crippen LogP) is 1.58. The molecule has 0 spiro atoms. The molecule has 174 valence electrons. The Balaban J connectivity index is 1.73. The van der Waals surface area contributed by atoms with E-state index in [0.29, 0.717) is 12.2 Å². The van der Waals surface area contributed by atoms with Crippen molar-refractivity contribution in [3.8, 4) is 0 Å². The Kier molecular flexibility index (Phi) is 7.61. The molecule has 1 fully saturated rings. The highest BCUT2D eigenvalue weighted by atomic mass is 32.2. The van der Waals surface area contributed by atoms with E-state index in [9.17, 15) is 17.6 Å². The molecule has 1 atom stereocenters. The summed E-state index contributed by atoms with van der Waals surface area (Å²) in [4.78, 5) is 23.9. The number of hydroxylamine groups is 1. The number of halogens is 1. The number of amides is 1. The zero-order valence-corrected chi connectivity index (χ0v) is 18.7. The van der Waals surface area contributed by atoms with Crippen LogP contribution in [-0.4, -0.2) is 69.9 Å². The second-order valence-electron chi connectivity index (χ2n) is 6.97. The molecule has 12 heteroatoms. The van der Waals surface area contributed by atoms with Crippen molar-refractivity contribution in [1.29, 1.82) is 0 Å². The van der Waals surface area contributed by atoms with E-state index < -0.39 is 28.0 Å². The number of sulfonamides is 1. The van der Waals surface area contributed by atoms with Crippen LogP contribution in [0.5, 0.6) is 0 Å². The van der Waals surface area contributed by atoms with Gasteiger partial charge in [-0.1, -0.05) is 4.47 Å². The minimum Gasteiger partial charge on any atom is -0.443 e. The van der Waals surface area contributed by atoms with Gasteiger partial charge in [0.15, 0.2) is 0 Å². The molecule has 0 radical (unpaired) electrons. The topological polar surface area (TPSA) is 118 Å². The number of likely N-dealkylation sites (N-methyl/N-ethyl adjacent to an activating group) is 1. The van der Waals surface area contributed by atoms with Gasteiger partial charge in [-0.3, -0.25) is 14.7 Å². The van der Waals surface area contributed by atoms with Gasteiger partial charge in [0.2, 0.25) is 0 Å². The molecule has 1 aromatic carbocycles. The molecule has 2 N–H and O–H groups in total. The fourth-order valence-corrected chi connectivity index (χ4v) is 4.55. The molecule has 3 rings (SSSR count). The van der Waals surface area contributed by atoms with Gasteiger partial charge in [0.25, 0.3) is 10.0 Å². The van der Waals surface area contributed by atoms with Crippen molar-refractivity contribution in [2.24, 2.45) is 5.73 Å². The number of aromatic nitrogens is 1. The first-order valence-corrected chi connectivity index (χ1v) is 11.4. The lowest BCUT2D eigenvalue weighted by Crippen LogP contribution is -2.38. The Bertz CT molecular complexity index is 1040. The first-order valence-electron chi connectivity index (χ1n) is 10.0. The third kappa shape index (κ3) is 4.99. The lowest BCUT2D eigenvalue weighted by Gasteiger charge is -2.27. The van der Waals surface area contributed by atoms with E-state index in [4.69, 9.17) is 15.3 Å². The van der Waals surface area contributed by atoms with E-state index in [-0.39, 0.29) is 36.8 Å². The van der Waals surface area contributed by atoms with Crippen LogP contribution in [0.15, 0.2) is 47.6 Å². The first-order chi connectivity index (χ1) is 15.3. The predicted molar refractivity (Wildman–Crippen MR) is 116 cm³/mol. The number of anilines is 2. The van der Waals surface area contributed by atoms with Crippen LogP contribution < -0.4 is 15.5 Å². The number of rotatable bonds is 10. The van der Waals surface area contributed by atoms with E-state index in [0.717, 1.165) is 4.47 Å². The standard InChI is InChI=1S/C20H26FN5O5S/c1-3-24(9-10-26(30-2)32(28,29)17-5-4-8-23-13-17)19-7-6-15(11-18(19)21)25-14-16(12-22)31-20(25)27/h4-8,11,13,16H,3,9-10,12,14,22H2,1-2H3/t16-/m0/s1. The molecule has 2 aromatic rings. The highest BCUT2D eigenvalue weighted by Crippen LogP contribution is 2.28. The van der Waals surface area contributed by atoms with Crippen LogP contribution in [0.4, 0.5) is 20.6 Å². The monoisotopic (exact) mass is 467 g/mol. The SMILES string of the molecule is CCN(CCN(OC)S(=O)(=O)c1cccnc1)c1ccc(N2C[C@H](CN)OC2=O)cc1F. The second-order valence-corrected chi connectivity index (χ2v) is 8.80. The van der Waals surface area contributed by atoms with Crippen molar-refractivity contribution >= 4 is 27.5 Å². The Labute approximate surface area is 186 Å². The number of hydrogen-bond donors (Lipinski definition) is 1. The summed E-state index contributed by atoms with van der Waals surface area (Å²) in [5, 5.41) is 0. The molecular weight excluding hydrogens is 441 g/mol. The van der Waals surface area contributed by atoms with Gasteiger partial charge in [0, 0.05) is 32.0 Å². The maximum absolute atomic E-state index is 14.9. The maximum Gasteiger partial charge on any atom is 0.414 e. The molecule has 0 unspecified atom stereocenters. The third-order valence-corrected chi connectivity index (χ3v) is 6.76. The number of pyridine rings is 1. The summed E-state index contributed by atoms with van der Waals surface area (Å²) in [6, 6.07) is 7.34. The molecule has 1 saturated heterocycles. The maximum atomic E-state index is 14.9. The number of carbonyl (C=O) groups excluding carboxylic acids is 1. The molecule has 10 nitrogen and oxygen atoms in total. The molecule has 1 aliphatic heterocycles. The number of cyclic esters (lactones) is 1. The van der Waals surface area contributed by atoms with Gasteiger partial charge in [-0.05, 0) is 37.3 Å². The fourth-order valence-electron chi connectivity index (χ4n) is 3.35. The van der Waals surface area contributed by atoms with Crippen LogP contribution in [0.25, 0.3) is 0 Å². The molecule has 32 heavy (non-hydrogen) atoms. The average molecular weight is 468 g/mol. The molecule has 0 bridgehead atoms. The van der Waals surface area contributed by atoms with Crippen LogP contribution in [0.3, 0.4) is 0 Å². The molecular formula is C20H26FN5O5S. The lowest BCUT2D eigenvalue weighted by molar-refractivity contribution is -0.0462. The Morgan fingerprint density at radius 3 is 2.69 bits per heavy atom. The number of benzene rings is 1. The summed E-state index contributed by atoms with van der Waals surface area (Å²) in [6.07, 6.45) is 1.70. The fraction of sp³-hybridized carbons (Fsp3) is 0.400. The number of ether oxygens (including phenoxy) is 1. The number of carbonyl (C=O) groups is 1. The zero-order chi connectivity index (χ0) is 23.3. The van der Waals surface area contributed by atoms with Crippen molar-refractivity contribution in [1.82, 2.24) is 9.45 Å². The molecule has 0 saturated carbocycles.